The minimum absolute atomic E-state index is 0.102. The molecule has 2 aromatic heterocycles. The highest BCUT2D eigenvalue weighted by Crippen LogP contribution is 2.17. The molecule has 1 N–H and O–H groups in total. The smallest absolute Gasteiger partial charge is 0.277 e. The average Bonchev–Trinajstić information content (AvgIpc) is 2.75. The van der Waals surface area contributed by atoms with E-state index in [-0.39, 0.29) is 23.4 Å². The van der Waals surface area contributed by atoms with E-state index in [0.29, 0.717) is 37.8 Å². The van der Waals surface area contributed by atoms with Crippen LogP contribution in [0.4, 0.5) is 11.6 Å². The molecule has 148 valence electrons. The van der Waals surface area contributed by atoms with Gasteiger partial charge in [-0.05, 0) is 25.0 Å². The van der Waals surface area contributed by atoms with E-state index in [9.17, 15) is 9.59 Å². The predicted molar refractivity (Wildman–Crippen MR) is 107 cm³/mol. The van der Waals surface area contributed by atoms with E-state index in [1.54, 1.807) is 30.6 Å². The summed E-state index contributed by atoms with van der Waals surface area (Å²) < 4.78 is 0. The largest absolute Gasteiger partial charge is 0.352 e. The third-order valence-corrected chi connectivity index (χ3v) is 5.01. The number of hydrogen-bond donors (Lipinski definition) is 1. The number of rotatable bonds is 6. The molecule has 3 heterocycles. The predicted octanol–water partition coefficient (Wildman–Crippen LogP) is 2.21. The zero-order chi connectivity index (χ0) is 19.9. The Labute approximate surface area is 165 Å². The van der Waals surface area contributed by atoms with Crippen LogP contribution in [0.2, 0.25) is 0 Å². The van der Waals surface area contributed by atoms with Gasteiger partial charge in [-0.2, -0.15) is 0 Å². The van der Waals surface area contributed by atoms with Crippen molar-refractivity contribution in [2.75, 3.05) is 36.4 Å². The zero-order valence-electron chi connectivity index (χ0n) is 16.3. The van der Waals surface area contributed by atoms with Crippen LogP contribution in [0.5, 0.6) is 0 Å². The quantitative estimate of drug-likeness (QED) is 0.824. The SMILES string of the molecule is CCC(CC)C(=O)N1CCN(c2cncc(C(=O)Nc3ccccn3)n2)CC1. The van der Waals surface area contributed by atoms with E-state index < -0.39 is 0 Å². The molecule has 1 aliphatic heterocycles. The number of hydrogen-bond acceptors (Lipinski definition) is 6. The van der Waals surface area contributed by atoms with Gasteiger partial charge in [0.1, 0.15) is 17.3 Å². The molecule has 8 nitrogen and oxygen atoms in total. The molecule has 1 aliphatic rings. The van der Waals surface area contributed by atoms with E-state index in [4.69, 9.17) is 0 Å². The van der Waals surface area contributed by atoms with Crippen molar-refractivity contribution in [2.45, 2.75) is 26.7 Å². The van der Waals surface area contributed by atoms with E-state index in [0.717, 1.165) is 12.8 Å². The first-order valence-corrected chi connectivity index (χ1v) is 9.70. The van der Waals surface area contributed by atoms with Gasteiger partial charge in [0.25, 0.3) is 5.91 Å². The van der Waals surface area contributed by atoms with E-state index in [1.807, 2.05) is 4.90 Å². The Bertz CT molecular complexity index is 801. The van der Waals surface area contributed by atoms with Gasteiger partial charge in [0, 0.05) is 38.3 Å². The number of piperazine rings is 1. The van der Waals surface area contributed by atoms with Crippen molar-refractivity contribution >= 4 is 23.5 Å². The molecule has 0 saturated carbocycles. The van der Waals surface area contributed by atoms with Crippen LogP contribution in [0.3, 0.4) is 0 Å². The summed E-state index contributed by atoms with van der Waals surface area (Å²) in [7, 11) is 0. The van der Waals surface area contributed by atoms with Gasteiger partial charge in [-0.25, -0.2) is 9.97 Å². The highest BCUT2D eigenvalue weighted by atomic mass is 16.2. The fourth-order valence-electron chi connectivity index (χ4n) is 3.29. The van der Waals surface area contributed by atoms with Crippen LogP contribution < -0.4 is 10.2 Å². The molecule has 8 heteroatoms. The minimum Gasteiger partial charge on any atom is -0.352 e. The summed E-state index contributed by atoms with van der Waals surface area (Å²) in [6.45, 7) is 6.76. The topological polar surface area (TPSA) is 91.3 Å². The number of nitrogens with one attached hydrogen (secondary N) is 1. The van der Waals surface area contributed by atoms with Gasteiger partial charge in [-0.3, -0.25) is 14.6 Å². The Balaban J connectivity index is 1.62. The lowest BCUT2D eigenvalue weighted by atomic mass is 10.0. The Kier molecular flexibility index (Phi) is 6.52. The second-order valence-electron chi connectivity index (χ2n) is 6.76. The molecule has 0 aromatic carbocycles. The summed E-state index contributed by atoms with van der Waals surface area (Å²) in [4.78, 5) is 41.6. The van der Waals surface area contributed by atoms with Crippen molar-refractivity contribution in [1.29, 1.82) is 0 Å². The fourth-order valence-corrected chi connectivity index (χ4v) is 3.29. The first kappa shape index (κ1) is 19.7. The second-order valence-corrected chi connectivity index (χ2v) is 6.76. The van der Waals surface area contributed by atoms with E-state index in [1.165, 1.54) is 6.20 Å². The van der Waals surface area contributed by atoms with Crippen LogP contribution >= 0.6 is 0 Å². The lowest BCUT2D eigenvalue weighted by Gasteiger charge is -2.36. The van der Waals surface area contributed by atoms with Crippen LogP contribution in [0.1, 0.15) is 37.2 Å². The molecule has 3 rings (SSSR count). The number of amides is 2. The maximum Gasteiger partial charge on any atom is 0.277 e. The van der Waals surface area contributed by atoms with Crippen LogP contribution in [0.15, 0.2) is 36.8 Å². The first-order valence-electron chi connectivity index (χ1n) is 9.70. The van der Waals surface area contributed by atoms with Crippen molar-refractivity contribution < 1.29 is 9.59 Å². The molecule has 28 heavy (non-hydrogen) atoms. The summed E-state index contributed by atoms with van der Waals surface area (Å²) in [6, 6.07) is 5.29. The van der Waals surface area contributed by atoms with E-state index in [2.05, 4.69) is 39.0 Å². The monoisotopic (exact) mass is 382 g/mol. The molecule has 1 fully saturated rings. The summed E-state index contributed by atoms with van der Waals surface area (Å²) in [5.41, 5.74) is 0.235. The maximum absolute atomic E-state index is 12.5. The molecular weight excluding hydrogens is 356 g/mol. The number of pyridine rings is 1. The van der Waals surface area contributed by atoms with Crippen molar-refractivity contribution in [1.82, 2.24) is 19.9 Å². The normalized spacial score (nSPS) is 14.2. The van der Waals surface area contributed by atoms with Gasteiger partial charge in [0.05, 0.1) is 12.4 Å². The Morgan fingerprint density at radius 2 is 1.86 bits per heavy atom. The zero-order valence-corrected chi connectivity index (χ0v) is 16.3. The standard InChI is InChI=1S/C20H26N6O2/c1-3-15(4-2)20(28)26-11-9-25(10-12-26)18-14-21-13-16(23-18)19(27)24-17-7-5-6-8-22-17/h5-8,13-15H,3-4,9-12H2,1-2H3,(H,22,24,27). The van der Waals surface area contributed by atoms with Crippen molar-refractivity contribution in [3.05, 3.63) is 42.5 Å². The number of carbonyl (C=O) groups excluding carboxylic acids is 2. The molecule has 0 atom stereocenters. The van der Waals surface area contributed by atoms with Gasteiger partial charge in [-0.15, -0.1) is 0 Å². The molecule has 0 aliphatic carbocycles. The van der Waals surface area contributed by atoms with Crippen LogP contribution in [-0.4, -0.2) is 57.8 Å². The summed E-state index contributed by atoms with van der Waals surface area (Å²) in [5.74, 6) is 1.09. The molecule has 0 unspecified atom stereocenters. The number of carbonyl (C=O) groups is 2. The third-order valence-electron chi connectivity index (χ3n) is 5.01. The summed E-state index contributed by atoms with van der Waals surface area (Å²) in [5, 5.41) is 2.71. The van der Waals surface area contributed by atoms with E-state index >= 15 is 0 Å². The van der Waals surface area contributed by atoms with Crippen LogP contribution in [0, 0.1) is 5.92 Å². The molecule has 2 aromatic rings. The number of aromatic nitrogens is 3. The molecular formula is C20H26N6O2. The van der Waals surface area contributed by atoms with Crippen molar-refractivity contribution in [2.24, 2.45) is 5.92 Å². The molecule has 0 bridgehead atoms. The fraction of sp³-hybridized carbons (Fsp3) is 0.450. The Hall–Kier alpha value is -3.03. The van der Waals surface area contributed by atoms with Gasteiger partial charge < -0.3 is 15.1 Å². The lowest BCUT2D eigenvalue weighted by molar-refractivity contribution is -0.136. The third kappa shape index (κ3) is 4.62. The van der Waals surface area contributed by atoms with Gasteiger partial charge >= 0.3 is 0 Å². The average molecular weight is 382 g/mol. The molecule has 1 saturated heterocycles. The molecule has 0 radical (unpaired) electrons. The summed E-state index contributed by atoms with van der Waals surface area (Å²) in [6.07, 6.45) is 6.44. The van der Waals surface area contributed by atoms with Gasteiger partial charge in [-0.1, -0.05) is 19.9 Å². The van der Waals surface area contributed by atoms with Crippen molar-refractivity contribution in [3.8, 4) is 0 Å². The highest BCUT2D eigenvalue weighted by molar-refractivity contribution is 6.02. The first-order chi connectivity index (χ1) is 13.6. The maximum atomic E-state index is 12.5. The van der Waals surface area contributed by atoms with Crippen molar-refractivity contribution in [3.63, 3.8) is 0 Å². The van der Waals surface area contributed by atoms with Gasteiger partial charge in [0.2, 0.25) is 5.91 Å². The summed E-state index contributed by atoms with van der Waals surface area (Å²) >= 11 is 0. The highest BCUT2D eigenvalue weighted by Gasteiger charge is 2.26. The molecule has 2 amide bonds. The second kappa shape index (κ2) is 9.25. The minimum atomic E-state index is -0.351. The Morgan fingerprint density at radius 1 is 1.11 bits per heavy atom. The van der Waals surface area contributed by atoms with Crippen LogP contribution in [-0.2, 0) is 4.79 Å². The lowest BCUT2D eigenvalue weighted by Crippen LogP contribution is -2.50. The number of nitrogens with zero attached hydrogens (tertiary/aromatic N) is 5. The molecule has 0 spiro atoms. The number of anilines is 2. The Morgan fingerprint density at radius 3 is 2.50 bits per heavy atom. The van der Waals surface area contributed by atoms with Gasteiger partial charge in [0.15, 0.2) is 0 Å². The van der Waals surface area contributed by atoms with Crippen LogP contribution in [0.25, 0.3) is 0 Å².